The Morgan fingerprint density at radius 1 is 1.50 bits per heavy atom. The van der Waals surface area contributed by atoms with E-state index in [0.717, 1.165) is 11.5 Å². The average molecular weight is 202 g/mol. The van der Waals surface area contributed by atoms with Gasteiger partial charge in [0.15, 0.2) is 0 Å². The summed E-state index contributed by atoms with van der Waals surface area (Å²) in [5, 5.41) is 0. The molecule has 0 aromatic carbocycles. The summed E-state index contributed by atoms with van der Waals surface area (Å²) in [6, 6.07) is 0. The summed E-state index contributed by atoms with van der Waals surface area (Å²) < 4.78 is 0. The Balaban J connectivity index is 0.000000490. The van der Waals surface area contributed by atoms with E-state index < -0.39 is 0 Å². The average Bonchev–Trinajstić information content (AvgIpc) is 1.87. The maximum absolute atomic E-state index is 4.00. The molecule has 0 spiro atoms. The largest absolute Gasteiger partial charge is 0.447 e. The van der Waals surface area contributed by atoms with Gasteiger partial charge in [-0.2, -0.15) is 0 Å². The molecule has 1 rings (SSSR count). The first-order valence-corrected chi connectivity index (χ1v) is 2.22. The second-order valence-electron chi connectivity index (χ2n) is 1.56. The monoisotopic (exact) mass is 201 g/mol. The molecule has 3 heteroatoms. The van der Waals surface area contributed by atoms with Crippen LogP contribution in [0.15, 0.2) is 6.20 Å². The minimum atomic E-state index is 0. The predicted molar refractivity (Wildman–Crippen MR) is 27.0 cm³/mol. The van der Waals surface area contributed by atoms with Crippen LogP contribution in [-0.2, 0) is 20.4 Å². The van der Waals surface area contributed by atoms with Crippen LogP contribution in [-0.4, -0.2) is 4.98 Å². The van der Waals surface area contributed by atoms with Gasteiger partial charge in [0.1, 0.15) is 0 Å². The normalized spacial score (nSPS) is 8.25. The Hall–Kier alpha value is -0.128. The molecule has 0 radical (unpaired) electrons. The van der Waals surface area contributed by atoms with Crippen molar-refractivity contribution in [3.05, 3.63) is 17.7 Å². The van der Waals surface area contributed by atoms with Crippen LogP contribution >= 0.6 is 0 Å². The number of hydrogen-bond acceptors (Lipinski definition) is 1. The standard InChI is InChI=1S/C5H7N2.Pd/c1-4-3-6-5(2)7-4;/h3H,1-2H3;/q-1;. The minimum absolute atomic E-state index is 0. The topological polar surface area (TPSA) is 27.0 Å². The van der Waals surface area contributed by atoms with Gasteiger partial charge in [0, 0.05) is 20.4 Å². The van der Waals surface area contributed by atoms with Crippen LogP contribution in [0.5, 0.6) is 0 Å². The zero-order chi connectivity index (χ0) is 5.28. The van der Waals surface area contributed by atoms with Gasteiger partial charge in [-0.05, 0) is 13.8 Å². The fourth-order valence-electron chi connectivity index (χ4n) is 0.500. The fourth-order valence-corrected chi connectivity index (χ4v) is 0.500. The summed E-state index contributed by atoms with van der Waals surface area (Å²) in [4.78, 5) is 7.91. The van der Waals surface area contributed by atoms with Gasteiger partial charge in [0.05, 0.1) is 0 Å². The predicted octanol–water partition coefficient (Wildman–Crippen LogP) is 0.653. The molecule has 0 saturated carbocycles. The Bertz CT molecular complexity index is 143. The molecule has 0 saturated heterocycles. The molecule has 48 valence electrons. The first-order chi connectivity index (χ1) is 3.29. The van der Waals surface area contributed by atoms with Gasteiger partial charge in [-0.25, -0.2) is 0 Å². The Kier molecular flexibility index (Phi) is 2.96. The van der Waals surface area contributed by atoms with E-state index in [1.165, 1.54) is 0 Å². The number of imidazole rings is 1. The van der Waals surface area contributed by atoms with Gasteiger partial charge in [0.25, 0.3) is 0 Å². The van der Waals surface area contributed by atoms with E-state index in [4.69, 9.17) is 0 Å². The van der Waals surface area contributed by atoms with Gasteiger partial charge in [0.2, 0.25) is 0 Å². The molecule has 1 aromatic rings. The van der Waals surface area contributed by atoms with Gasteiger partial charge >= 0.3 is 0 Å². The minimum Gasteiger partial charge on any atom is -0.447 e. The molecule has 8 heavy (non-hydrogen) atoms. The van der Waals surface area contributed by atoms with Crippen molar-refractivity contribution < 1.29 is 20.4 Å². The van der Waals surface area contributed by atoms with Crippen molar-refractivity contribution in [3.8, 4) is 0 Å². The first kappa shape index (κ1) is 7.87. The van der Waals surface area contributed by atoms with E-state index in [9.17, 15) is 0 Å². The molecule has 1 heterocycles. The van der Waals surface area contributed by atoms with Crippen LogP contribution in [0.3, 0.4) is 0 Å². The molecule has 1 aromatic heterocycles. The molecule has 0 N–H and O–H groups in total. The summed E-state index contributed by atoms with van der Waals surface area (Å²) in [6.07, 6.45) is 1.76. The summed E-state index contributed by atoms with van der Waals surface area (Å²) in [5.74, 6) is 0.859. The van der Waals surface area contributed by atoms with Crippen molar-refractivity contribution in [3.63, 3.8) is 0 Å². The van der Waals surface area contributed by atoms with Gasteiger partial charge in [-0.15, -0.1) is 0 Å². The van der Waals surface area contributed by atoms with Crippen LogP contribution in [0.1, 0.15) is 11.5 Å². The number of nitrogens with zero attached hydrogens (tertiary/aromatic N) is 2. The van der Waals surface area contributed by atoms with Crippen molar-refractivity contribution >= 4 is 0 Å². The van der Waals surface area contributed by atoms with Crippen molar-refractivity contribution in [2.24, 2.45) is 0 Å². The van der Waals surface area contributed by atoms with Crippen LogP contribution in [0.2, 0.25) is 0 Å². The number of hydrogen-bond donors (Lipinski definition) is 0. The second kappa shape index (κ2) is 3.01. The van der Waals surface area contributed by atoms with E-state index in [1.807, 2.05) is 13.8 Å². The summed E-state index contributed by atoms with van der Waals surface area (Å²) in [5.41, 5.74) is 0.998. The van der Waals surface area contributed by atoms with Crippen LogP contribution in [0, 0.1) is 13.8 Å². The number of aromatic nitrogens is 2. The molecule has 2 nitrogen and oxygen atoms in total. The van der Waals surface area contributed by atoms with Crippen molar-refractivity contribution in [2.45, 2.75) is 13.8 Å². The van der Waals surface area contributed by atoms with Gasteiger partial charge in [-0.1, -0.05) is 17.7 Å². The molecule has 0 fully saturated rings. The van der Waals surface area contributed by atoms with Crippen molar-refractivity contribution in [1.82, 2.24) is 9.97 Å². The van der Waals surface area contributed by atoms with E-state index in [1.54, 1.807) is 6.20 Å². The summed E-state index contributed by atoms with van der Waals surface area (Å²) in [7, 11) is 0. The van der Waals surface area contributed by atoms with Crippen molar-refractivity contribution in [2.75, 3.05) is 0 Å². The van der Waals surface area contributed by atoms with E-state index in [0.29, 0.717) is 0 Å². The van der Waals surface area contributed by atoms with Crippen LogP contribution in [0.25, 0.3) is 0 Å². The van der Waals surface area contributed by atoms with E-state index in [-0.39, 0.29) is 20.4 Å². The van der Waals surface area contributed by atoms with Crippen LogP contribution < -0.4 is 4.98 Å². The van der Waals surface area contributed by atoms with Crippen LogP contribution in [0.4, 0.5) is 0 Å². The fraction of sp³-hybridized carbons (Fsp3) is 0.400. The molecule has 0 bridgehead atoms. The molecule has 0 unspecified atom stereocenters. The van der Waals surface area contributed by atoms with Crippen molar-refractivity contribution in [1.29, 1.82) is 0 Å². The molecular weight excluding hydrogens is 194 g/mol. The zero-order valence-electron chi connectivity index (χ0n) is 4.79. The molecule has 0 aliphatic rings. The maximum atomic E-state index is 4.00. The second-order valence-corrected chi connectivity index (χ2v) is 1.56. The SMILES string of the molecule is Cc1cnc(C)[n-]1.[Pd]. The third kappa shape index (κ3) is 1.77. The number of aryl methyl sites for hydroxylation is 2. The zero-order valence-corrected chi connectivity index (χ0v) is 6.34. The quantitative estimate of drug-likeness (QED) is 0.577. The summed E-state index contributed by atoms with van der Waals surface area (Å²) >= 11 is 0. The Morgan fingerprint density at radius 3 is 2.25 bits per heavy atom. The Labute approximate surface area is 62.4 Å². The molecule has 0 aliphatic carbocycles. The maximum Gasteiger partial charge on any atom is 0 e. The van der Waals surface area contributed by atoms with E-state index in [2.05, 4.69) is 9.97 Å². The smallest absolute Gasteiger partial charge is 0 e. The number of rotatable bonds is 0. The molecule has 0 amide bonds. The first-order valence-electron chi connectivity index (χ1n) is 2.22. The third-order valence-corrected chi connectivity index (χ3v) is 0.776. The molecule has 0 atom stereocenters. The Morgan fingerprint density at radius 2 is 2.12 bits per heavy atom. The van der Waals surface area contributed by atoms with Gasteiger partial charge in [-0.3, -0.25) is 0 Å². The molecular formula is C5H7N2Pd-. The molecule has 0 aliphatic heterocycles. The summed E-state index contributed by atoms with van der Waals surface area (Å²) in [6.45, 7) is 3.81. The van der Waals surface area contributed by atoms with E-state index >= 15 is 0 Å². The third-order valence-electron chi connectivity index (χ3n) is 0.776. The van der Waals surface area contributed by atoms with Gasteiger partial charge < -0.3 is 9.97 Å².